The summed E-state index contributed by atoms with van der Waals surface area (Å²) < 4.78 is 34.3. The van der Waals surface area contributed by atoms with Gasteiger partial charge in [-0.1, -0.05) is 35.9 Å². The highest BCUT2D eigenvalue weighted by molar-refractivity contribution is 7.93. The Bertz CT molecular complexity index is 1160. The topological polar surface area (TPSA) is 70.1 Å². The molecule has 6 nitrogen and oxygen atoms in total. The molecule has 1 aliphatic heterocycles. The van der Waals surface area contributed by atoms with Gasteiger partial charge in [0, 0.05) is 6.54 Å². The SMILES string of the molecule is O=S(=O)(c1ccccc1Cl)N(Cc1ccc(O)cc1)c1ccc(OCCN2CCCC2)cc1. The van der Waals surface area contributed by atoms with Gasteiger partial charge in [-0.25, -0.2) is 8.42 Å². The Morgan fingerprint density at radius 3 is 2.27 bits per heavy atom. The predicted octanol–water partition coefficient (Wildman–Crippen LogP) is 4.92. The van der Waals surface area contributed by atoms with Crippen molar-refractivity contribution in [1.82, 2.24) is 4.90 Å². The Morgan fingerprint density at radius 1 is 0.939 bits per heavy atom. The van der Waals surface area contributed by atoms with E-state index in [1.807, 2.05) is 0 Å². The number of phenols is 1. The molecular weight excluding hydrogens is 460 g/mol. The molecule has 0 bridgehead atoms. The third-order valence-electron chi connectivity index (χ3n) is 5.67. The van der Waals surface area contributed by atoms with Crippen LogP contribution in [-0.4, -0.2) is 44.7 Å². The van der Waals surface area contributed by atoms with Crippen molar-refractivity contribution in [2.45, 2.75) is 24.3 Å². The summed E-state index contributed by atoms with van der Waals surface area (Å²) in [4.78, 5) is 2.42. The van der Waals surface area contributed by atoms with E-state index in [2.05, 4.69) is 4.90 Å². The maximum atomic E-state index is 13.6. The van der Waals surface area contributed by atoms with Gasteiger partial charge in [-0.3, -0.25) is 9.21 Å². The van der Waals surface area contributed by atoms with Crippen LogP contribution in [0.1, 0.15) is 18.4 Å². The fourth-order valence-corrected chi connectivity index (χ4v) is 5.81. The first kappa shape index (κ1) is 23.4. The molecule has 1 saturated heterocycles. The Labute approximate surface area is 200 Å². The fraction of sp³-hybridized carbons (Fsp3) is 0.280. The summed E-state index contributed by atoms with van der Waals surface area (Å²) in [5, 5.41) is 9.75. The van der Waals surface area contributed by atoms with Gasteiger partial charge in [-0.05, 0) is 80.0 Å². The van der Waals surface area contributed by atoms with Crippen molar-refractivity contribution >= 4 is 27.3 Å². The largest absolute Gasteiger partial charge is 0.508 e. The summed E-state index contributed by atoms with van der Waals surface area (Å²) in [5.41, 5.74) is 1.23. The first-order chi connectivity index (χ1) is 15.9. The second-order valence-corrected chi connectivity index (χ2v) is 10.2. The number of benzene rings is 3. The quantitative estimate of drug-likeness (QED) is 0.465. The van der Waals surface area contributed by atoms with Gasteiger partial charge in [0.1, 0.15) is 23.0 Å². The lowest BCUT2D eigenvalue weighted by molar-refractivity contribution is 0.238. The summed E-state index contributed by atoms with van der Waals surface area (Å²) in [6.07, 6.45) is 2.48. The molecule has 174 valence electrons. The van der Waals surface area contributed by atoms with E-state index in [-0.39, 0.29) is 22.2 Å². The van der Waals surface area contributed by atoms with Crippen molar-refractivity contribution < 1.29 is 18.3 Å². The minimum Gasteiger partial charge on any atom is -0.508 e. The molecule has 0 saturated carbocycles. The van der Waals surface area contributed by atoms with Gasteiger partial charge >= 0.3 is 0 Å². The summed E-state index contributed by atoms with van der Waals surface area (Å²) in [6.45, 7) is 3.80. The molecular formula is C25H27ClN2O4S. The monoisotopic (exact) mass is 486 g/mol. The molecule has 0 aromatic heterocycles. The van der Waals surface area contributed by atoms with E-state index in [0.717, 1.165) is 25.2 Å². The van der Waals surface area contributed by atoms with Crippen molar-refractivity contribution in [1.29, 1.82) is 0 Å². The number of ether oxygens (including phenoxy) is 1. The zero-order chi connectivity index (χ0) is 23.3. The smallest absolute Gasteiger partial charge is 0.266 e. The number of phenolic OH excluding ortho intramolecular Hbond substituents is 1. The molecule has 0 unspecified atom stereocenters. The number of aromatic hydroxyl groups is 1. The van der Waals surface area contributed by atoms with E-state index < -0.39 is 10.0 Å². The summed E-state index contributed by atoms with van der Waals surface area (Å²) in [6, 6.07) is 19.9. The lowest BCUT2D eigenvalue weighted by atomic mass is 10.2. The molecule has 0 aliphatic carbocycles. The molecule has 1 aliphatic rings. The number of likely N-dealkylation sites (tertiary alicyclic amines) is 1. The van der Waals surface area contributed by atoms with E-state index in [9.17, 15) is 13.5 Å². The lowest BCUT2D eigenvalue weighted by Gasteiger charge is -2.25. The highest BCUT2D eigenvalue weighted by atomic mass is 35.5. The van der Waals surface area contributed by atoms with Crippen molar-refractivity contribution in [3.05, 3.63) is 83.4 Å². The highest BCUT2D eigenvalue weighted by Gasteiger charge is 2.27. The lowest BCUT2D eigenvalue weighted by Crippen LogP contribution is -2.30. The Kier molecular flexibility index (Phi) is 7.42. The van der Waals surface area contributed by atoms with Crippen LogP contribution in [0.3, 0.4) is 0 Å². The van der Waals surface area contributed by atoms with Crippen LogP contribution in [0.4, 0.5) is 5.69 Å². The molecule has 1 heterocycles. The number of anilines is 1. The molecule has 3 aromatic carbocycles. The molecule has 3 aromatic rings. The Balaban J connectivity index is 1.57. The predicted molar refractivity (Wildman–Crippen MR) is 131 cm³/mol. The minimum absolute atomic E-state index is 0.0383. The van der Waals surface area contributed by atoms with Gasteiger partial charge in [0.25, 0.3) is 10.0 Å². The Morgan fingerprint density at radius 2 is 1.61 bits per heavy atom. The molecule has 0 spiro atoms. The van der Waals surface area contributed by atoms with E-state index in [4.69, 9.17) is 16.3 Å². The minimum atomic E-state index is -3.94. The van der Waals surface area contributed by atoms with Gasteiger partial charge in [-0.2, -0.15) is 0 Å². The van der Waals surface area contributed by atoms with E-state index in [0.29, 0.717) is 18.0 Å². The van der Waals surface area contributed by atoms with Gasteiger partial charge in [0.2, 0.25) is 0 Å². The number of halogens is 1. The first-order valence-electron chi connectivity index (χ1n) is 10.9. The van der Waals surface area contributed by atoms with Gasteiger partial charge in [-0.15, -0.1) is 0 Å². The van der Waals surface area contributed by atoms with Gasteiger partial charge in [0.15, 0.2) is 0 Å². The molecule has 0 atom stereocenters. The van der Waals surface area contributed by atoms with Crippen molar-refractivity contribution in [3.63, 3.8) is 0 Å². The van der Waals surface area contributed by atoms with Crippen LogP contribution in [-0.2, 0) is 16.6 Å². The van der Waals surface area contributed by atoms with Crippen LogP contribution >= 0.6 is 11.6 Å². The van der Waals surface area contributed by atoms with Crippen LogP contribution in [0, 0.1) is 0 Å². The van der Waals surface area contributed by atoms with Gasteiger partial charge < -0.3 is 9.84 Å². The first-order valence-corrected chi connectivity index (χ1v) is 12.8. The third-order valence-corrected chi connectivity index (χ3v) is 7.94. The number of nitrogens with zero attached hydrogens (tertiary/aromatic N) is 2. The molecule has 8 heteroatoms. The van der Waals surface area contributed by atoms with Crippen molar-refractivity contribution in [2.75, 3.05) is 30.5 Å². The second-order valence-electron chi connectivity index (χ2n) is 8.00. The van der Waals surface area contributed by atoms with Crippen LogP contribution in [0.15, 0.2) is 77.7 Å². The van der Waals surface area contributed by atoms with Crippen LogP contribution in [0.25, 0.3) is 0 Å². The van der Waals surface area contributed by atoms with Crippen LogP contribution in [0.2, 0.25) is 5.02 Å². The third kappa shape index (κ3) is 5.79. The number of hydrogen-bond donors (Lipinski definition) is 1. The zero-order valence-electron chi connectivity index (χ0n) is 18.2. The summed E-state index contributed by atoms with van der Waals surface area (Å²) in [5.74, 6) is 0.812. The standard InChI is InChI=1S/C25H27ClN2O4S/c26-24-5-1-2-6-25(24)33(30,31)28(19-20-7-11-22(29)12-8-20)21-9-13-23(14-10-21)32-18-17-27-15-3-4-16-27/h1-2,5-14,29H,3-4,15-19H2. The van der Waals surface area contributed by atoms with Crippen molar-refractivity contribution in [2.24, 2.45) is 0 Å². The molecule has 33 heavy (non-hydrogen) atoms. The molecule has 1 N–H and O–H groups in total. The zero-order valence-corrected chi connectivity index (χ0v) is 19.8. The van der Waals surface area contributed by atoms with E-state index >= 15 is 0 Å². The summed E-state index contributed by atoms with van der Waals surface area (Å²) in [7, 11) is -3.94. The number of rotatable bonds is 9. The van der Waals surface area contributed by atoms with Crippen LogP contribution < -0.4 is 9.04 Å². The molecule has 0 radical (unpaired) electrons. The Hall–Kier alpha value is -2.74. The molecule has 0 amide bonds. The normalized spacial score (nSPS) is 14.3. The number of sulfonamides is 1. The van der Waals surface area contributed by atoms with Gasteiger partial charge in [0.05, 0.1) is 17.3 Å². The molecule has 4 rings (SSSR count). The number of hydrogen-bond acceptors (Lipinski definition) is 5. The maximum absolute atomic E-state index is 13.6. The average Bonchev–Trinajstić information content (AvgIpc) is 3.33. The highest BCUT2D eigenvalue weighted by Crippen LogP contribution is 2.31. The van der Waals surface area contributed by atoms with Crippen LogP contribution in [0.5, 0.6) is 11.5 Å². The average molecular weight is 487 g/mol. The second kappa shape index (κ2) is 10.5. The fourth-order valence-electron chi connectivity index (χ4n) is 3.86. The van der Waals surface area contributed by atoms with E-state index in [1.54, 1.807) is 54.6 Å². The van der Waals surface area contributed by atoms with Crippen molar-refractivity contribution in [3.8, 4) is 11.5 Å². The summed E-state index contributed by atoms with van der Waals surface area (Å²) >= 11 is 6.24. The van der Waals surface area contributed by atoms with E-state index in [1.165, 1.54) is 35.3 Å². The molecule has 1 fully saturated rings. The maximum Gasteiger partial charge on any atom is 0.266 e.